The number of carbonyl (C=O) groups is 3. The second kappa shape index (κ2) is 12.4. The van der Waals surface area contributed by atoms with Crippen LogP contribution in [-0.2, 0) is 16.1 Å². The molecule has 1 fully saturated rings. The van der Waals surface area contributed by atoms with Gasteiger partial charge in [0, 0.05) is 38.5 Å². The first-order valence-corrected chi connectivity index (χ1v) is 13.6. The third kappa shape index (κ3) is 6.15. The Morgan fingerprint density at radius 1 is 1.15 bits per heavy atom. The van der Waals surface area contributed by atoms with Gasteiger partial charge < -0.3 is 29.1 Å². The van der Waals surface area contributed by atoms with Crippen molar-refractivity contribution in [3.63, 3.8) is 0 Å². The standard InChI is InChI=1S/C27H34N8O6/c1-17-25(18(2)41-30-17)27(38)33-9-4-8-28-26(37)21-15-34(24(36)7-10-35-16-29-31-32-35)14-20(21)19-5-6-22(39-3)23(13-19)40-12-11-33/h5-6,13,16,20-21H,4,7-12,14-15H2,1-3H3,(H,28,37)/t20-,21+/m1/s1. The van der Waals surface area contributed by atoms with Gasteiger partial charge in [-0.05, 0) is 48.4 Å². The minimum atomic E-state index is -0.448. The largest absolute Gasteiger partial charge is 0.493 e. The summed E-state index contributed by atoms with van der Waals surface area (Å²) >= 11 is 0. The van der Waals surface area contributed by atoms with Gasteiger partial charge in [0.2, 0.25) is 11.8 Å². The number of amides is 3. The number of aryl methyl sites for hydroxylation is 3. The summed E-state index contributed by atoms with van der Waals surface area (Å²) in [6.45, 7) is 5.84. The maximum atomic E-state index is 13.5. The predicted octanol–water partition coefficient (Wildman–Crippen LogP) is 0.960. The summed E-state index contributed by atoms with van der Waals surface area (Å²) in [7, 11) is 1.56. The number of likely N-dealkylation sites (tertiary alicyclic amines) is 1. The van der Waals surface area contributed by atoms with E-state index in [0.717, 1.165) is 5.56 Å². The molecule has 5 rings (SSSR count). The van der Waals surface area contributed by atoms with Crippen molar-refractivity contribution in [2.75, 3.05) is 46.4 Å². The minimum absolute atomic E-state index is 0.0721. The van der Waals surface area contributed by atoms with E-state index in [1.54, 1.807) is 36.8 Å². The van der Waals surface area contributed by atoms with Gasteiger partial charge in [-0.3, -0.25) is 14.4 Å². The van der Waals surface area contributed by atoms with Crippen LogP contribution in [0.5, 0.6) is 11.5 Å². The minimum Gasteiger partial charge on any atom is -0.493 e. The maximum absolute atomic E-state index is 13.5. The van der Waals surface area contributed by atoms with E-state index in [0.29, 0.717) is 74.2 Å². The summed E-state index contributed by atoms with van der Waals surface area (Å²) in [5.41, 5.74) is 1.84. The Morgan fingerprint density at radius 3 is 2.71 bits per heavy atom. The van der Waals surface area contributed by atoms with Gasteiger partial charge in [0.1, 0.15) is 24.3 Å². The highest BCUT2D eigenvalue weighted by Gasteiger charge is 2.40. The van der Waals surface area contributed by atoms with Crippen molar-refractivity contribution in [3.8, 4) is 11.5 Å². The number of carbonyl (C=O) groups excluding carboxylic acids is 3. The van der Waals surface area contributed by atoms with Crippen molar-refractivity contribution in [1.82, 2.24) is 40.5 Å². The quantitative estimate of drug-likeness (QED) is 0.472. The third-order valence-electron chi connectivity index (χ3n) is 7.63. The van der Waals surface area contributed by atoms with Crippen molar-refractivity contribution in [3.05, 3.63) is 47.1 Å². The van der Waals surface area contributed by atoms with E-state index >= 15 is 0 Å². The molecule has 2 aliphatic rings. The van der Waals surface area contributed by atoms with Gasteiger partial charge in [0.05, 0.1) is 31.8 Å². The smallest absolute Gasteiger partial charge is 0.259 e. The lowest BCUT2D eigenvalue weighted by Gasteiger charge is -2.25. The van der Waals surface area contributed by atoms with Crippen LogP contribution in [0.25, 0.3) is 0 Å². The number of ether oxygens (including phenoxy) is 2. The highest BCUT2D eigenvalue weighted by Crippen LogP contribution is 2.38. The summed E-state index contributed by atoms with van der Waals surface area (Å²) in [6, 6.07) is 5.58. The molecule has 0 spiro atoms. The zero-order chi connectivity index (χ0) is 28.9. The van der Waals surface area contributed by atoms with Gasteiger partial charge in [0.15, 0.2) is 11.5 Å². The molecule has 218 valence electrons. The fourth-order valence-corrected chi connectivity index (χ4v) is 5.44. The van der Waals surface area contributed by atoms with Crippen molar-refractivity contribution >= 4 is 17.7 Å². The van der Waals surface area contributed by atoms with Crippen molar-refractivity contribution in [2.24, 2.45) is 5.92 Å². The van der Waals surface area contributed by atoms with Crippen LogP contribution < -0.4 is 14.8 Å². The van der Waals surface area contributed by atoms with E-state index in [1.807, 2.05) is 12.1 Å². The molecule has 0 aliphatic carbocycles. The molecule has 2 atom stereocenters. The Morgan fingerprint density at radius 2 is 1.98 bits per heavy atom. The van der Waals surface area contributed by atoms with Crippen LogP contribution in [0.15, 0.2) is 29.0 Å². The Bertz CT molecular complexity index is 1370. The molecule has 41 heavy (non-hydrogen) atoms. The van der Waals surface area contributed by atoms with Crippen LogP contribution in [0.2, 0.25) is 0 Å². The monoisotopic (exact) mass is 566 g/mol. The molecule has 3 amide bonds. The van der Waals surface area contributed by atoms with Crippen LogP contribution in [0.3, 0.4) is 0 Å². The Hall–Kier alpha value is -4.49. The average Bonchev–Trinajstić information content (AvgIpc) is 3.72. The first-order valence-electron chi connectivity index (χ1n) is 13.6. The van der Waals surface area contributed by atoms with Gasteiger partial charge in [-0.1, -0.05) is 11.2 Å². The predicted molar refractivity (Wildman–Crippen MR) is 143 cm³/mol. The average molecular weight is 567 g/mol. The Balaban J connectivity index is 1.36. The molecule has 0 saturated carbocycles. The van der Waals surface area contributed by atoms with Crippen molar-refractivity contribution in [2.45, 2.75) is 39.2 Å². The fraction of sp³-hybridized carbons (Fsp3) is 0.519. The van der Waals surface area contributed by atoms with Gasteiger partial charge in [0.25, 0.3) is 5.91 Å². The van der Waals surface area contributed by atoms with E-state index in [-0.39, 0.29) is 36.7 Å². The van der Waals surface area contributed by atoms with Crippen molar-refractivity contribution < 1.29 is 28.4 Å². The number of benzene rings is 1. The molecule has 1 aromatic carbocycles. The van der Waals surface area contributed by atoms with E-state index in [1.165, 1.54) is 11.0 Å². The molecule has 2 aliphatic heterocycles. The number of tetrazole rings is 1. The number of methoxy groups -OCH3 is 1. The summed E-state index contributed by atoms with van der Waals surface area (Å²) in [6.07, 6.45) is 2.23. The molecular weight excluding hydrogens is 532 g/mol. The second-order valence-corrected chi connectivity index (χ2v) is 10.2. The number of fused-ring (bicyclic) bond motifs is 4. The Kier molecular flexibility index (Phi) is 8.45. The highest BCUT2D eigenvalue weighted by atomic mass is 16.5. The molecule has 14 nitrogen and oxygen atoms in total. The van der Waals surface area contributed by atoms with E-state index in [9.17, 15) is 14.4 Å². The van der Waals surface area contributed by atoms with Gasteiger partial charge in [-0.2, -0.15) is 0 Å². The van der Waals surface area contributed by atoms with Gasteiger partial charge >= 0.3 is 0 Å². The molecule has 0 unspecified atom stereocenters. The molecule has 3 aromatic rings. The third-order valence-corrected chi connectivity index (χ3v) is 7.63. The summed E-state index contributed by atoms with van der Waals surface area (Å²) < 4.78 is 18.4. The number of nitrogens with one attached hydrogen (secondary N) is 1. The molecule has 1 saturated heterocycles. The molecule has 1 N–H and O–H groups in total. The maximum Gasteiger partial charge on any atom is 0.259 e. The SMILES string of the molecule is COc1ccc2cc1OCCN(C(=O)c1c(C)noc1C)CCCNC(=O)[C@H]1CN(C(=O)CCn3cnnn3)C[C@H]21. The van der Waals surface area contributed by atoms with Crippen LogP contribution in [0, 0.1) is 19.8 Å². The lowest BCUT2D eigenvalue weighted by Crippen LogP contribution is -2.39. The lowest BCUT2D eigenvalue weighted by molar-refractivity contribution is -0.131. The number of rotatable bonds is 5. The van der Waals surface area contributed by atoms with Gasteiger partial charge in [-0.25, -0.2) is 4.68 Å². The van der Waals surface area contributed by atoms with Crippen LogP contribution in [0.4, 0.5) is 0 Å². The number of hydrogen-bond donors (Lipinski definition) is 1. The first kappa shape index (κ1) is 28.1. The topological polar surface area (TPSA) is 158 Å². The number of nitrogens with zero attached hydrogens (tertiary/aromatic N) is 7. The number of hydrogen-bond acceptors (Lipinski definition) is 10. The van der Waals surface area contributed by atoms with Crippen LogP contribution in [-0.4, -0.2) is 99.3 Å². The van der Waals surface area contributed by atoms with Crippen LogP contribution in [0.1, 0.15) is 46.1 Å². The molecule has 4 heterocycles. The van der Waals surface area contributed by atoms with E-state index in [2.05, 4.69) is 26.0 Å². The summed E-state index contributed by atoms with van der Waals surface area (Å²) in [5.74, 6) is 0.432. The van der Waals surface area contributed by atoms with E-state index in [4.69, 9.17) is 14.0 Å². The first-order chi connectivity index (χ1) is 19.9. The van der Waals surface area contributed by atoms with E-state index < -0.39 is 5.92 Å². The molecule has 2 aromatic heterocycles. The van der Waals surface area contributed by atoms with Crippen LogP contribution >= 0.6 is 0 Å². The fourth-order valence-electron chi connectivity index (χ4n) is 5.44. The number of aromatic nitrogens is 5. The molecule has 14 heteroatoms. The normalized spacial score (nSPS) is 19.6. The highest BCUT2D eigenvalue weighted by molar-refractivity contribution is 5.96. The zero-order valence-electron chi connectivity index (χ0n) is 23.4. The molecule has 2 bridgehead atoms. The lowest BCUT2D eigenvalue weighted by atomic mass is 9.88. The van der Waals surface area contributed by atoms with Crippen molar-refractivity contribution in [1.29, 1.82) is 0 Å². The summed E-state index contributed by atoms with van der Waals surface area (Å²) in [4.78, 5) is 43.3. The zero-order valence-corrected chi connectivity index (χ0v) is 23.4. The molecule has 0 radical (unpaired) electrons. The van der Waals surface area contributed by atoms with Gasteiger partial charge in [-0.15, -0.1) is 5.10 Å². The molecular formula is C27H34N8O6. The Labute approximate surface area is 236 Å². The second-order valence-electron chi connectivity index (χ2n) is 10.2. The summed E-state index contributed by atoms with van der Waals surface area (Å²) in [5, 5.41) is 18.0.